The van der Waals surface area contributed by atoms with Crippen LogP contribution in [-0.2, 0) is 14.8 Å². The lowest BCUT2D eigenvalue weighted by Gasteiger charge is -2.33. The van der Waals surface area contributed by atoms with Gasteiger partial charge in [-0.05, 0) is 25.0 Å². The zero-order chi connectivity index (χ0) is 15.7. The number of benzene rings is 1. The smallest absolute Gasteiger partial charge is 0.324 e. The zero-order valence-electron chi connectivity index (χ0n) is 11.1. The molecule has 0 bridgehead atoms. The molecule has 1 aliphatic rings. The quantitative estimate of drug-likeness (QED) is 0.889. The fraction of sp³-hybridized carbons (Fsp3) is 0.462. The lowest BCUT2D eigenvalue weighted by Crippen LogP contribution is -2.55. The topological polar surface area (TPSA) is 83.5 Å². The van der Waals surface area contributed by atoms with Crippen molar-refractivity contribution in [3.63, 3.8) is 0 Å². The van der Waals surface area contributed by atoms with E-state index in [4.69, 9.17) is 0 Å². The third kappa shape index (κ3) is 3.06. The molecule has 0 aliphatic heterocycles. The number of hydrogen-bond acceptors (Lipinski definition) is 3. The zero-order valence-corrected chi connectivity index (χ0v) is 11.9. The van der Waals surface area contributed by atoms with Crippen molar-refractivity contribution < 1.29 is 27.1 Å². The maximum atomic E-state index is 13.6. The van der Waals surface area contributed by atoms with Gasteiger partial charge in [-0.15, -0.1) is 0 Å². The van der Waals surface area contributed by atoms with Gasteiger partial charge in [-0.25, -0.2) is 17.2 Å². The molecule has 2 N–H and O–H groups in total. The summed E-state index contributed by atoms with van der Waals surface area (Å²) in [5.41, 5.74) is -1.70. The molecular weight excluding hydrogens is 304 g/mol. The van der Waals surface area contributed by atoms with Crippen LogP contribution in [0.15, 0.2) is 23.1 Å². The Morgan fingerprint density at radius 3 is 2.14 bits per heavy atom. The van der Waals surface area contributed by atoms with Crippen LogP contribution in [0.3, 0.4) is 0 Å². The number of halogens is 2. The molecule has 0 amide bonds. The predicted molar refractivity (Wildman–Crippen MR) is 70.1 cm³/mol. The van der Waals surface area contributed by atoms with Crippen molar-refractivity contribution in [3.05, 3.63) is 29.8 Å². The van der Waals surface area contributed by atoms with Crippen LogP contribution in [0.25, 0.3) is 0 Å². The van der Waals surface area contributed by atoms with E-state index in [1.54, 1.807) is 0 Å². The van der Waals surface area contributed by atoms with Gasteiger partial charge in [-0.1, -0.05) is 25.3 Å². The fourth-order valence-corrected chi connectivity index (χ4v) is 4.12. The van der Waals surface area contributed by atoms with Crippen LogP contribution >= 0.6 is 0 Å². The van der Waals surface area contributed by atoms with Crippen molar-refractivity contribution in [2.24, 2.45) is 0 Å². The molecule has 0 heterocycles. The number of carboxylic acid groups (broad SMARTS) is 1. The molecule has 1 aromatic rings. The van der Waals surface area contributed by atoms with Crippen LogP contribution in [0.2, 0.25) is 0 Å². The third-order valence-corrected chi connectivity index (χ3v) is 5.22. The van der Waals surface area contributed by atoms with E-state index in [0.29, 0.717) is 12.8 Å². The van der Waals surface area contributed by atoms with Gasteiger partial charge in [-0.3, -0.25) is 4.79 Å². The summed E-state index contributed by atoms with van der Waals surface area (Å²) < 4.78 is 53.6. The Bertz CT molecular complexity index is 634. The molecule has 1 aromatic carbocycles. The largest absolute Gasteiger partial charge is 0.480 e. The summed E-state index contributed by atoms with van der Waals surface area (Å²) >= 11 is 0. The van der Waals surface area contributed by atoms with E-state index in [0.717, 1.165) is 24.6 Å². The molecule has 8 heteroatoms. The molecule has 1 aliphatic carbocycles. The van der Waals surface area contributed by atoms with Crippen molar-refractivity contribution in [3.8, 4) is 0 Å². The molecule has 0 aromatic heterocycles. The summed E-state index contributed by atoms with van der Waals surface area (Å²) in [5, 5.41) is 9.32. The van der Waals surface area contributed by atoms with Crippen molar-refractivity contribution in [2.75, 3.05) is 0 Å². The first-order chi connectivity index (χ1) is 9.78. The highest BCUT2D eigenvalue weighted by Gasteiger charge is 2.44. The van der Waals surface area contributed by atoms with Crippen molar-refractivity contribution in [2.45, 2.75) is 42.5 Å². The maximum Gasteiger partial charge on any atom is 0.324 e. The number of carbonyl (C=O) groups is 1. The van der Waals surface area contributed by atoms with Gasteiger partial charge in [0.1, 0.15) is 17.2 Å². The minimum Gasteiger partial charge on any atom is -0.480 e. The Balaban J connectivity index is 2.42. The predicted octanol–water partition coefficient (Wildman–Crippen LogP) is 2.03. The summed E-state index contributed by atoms with van der Waals surface area (Å²) in [7, 11) is -4.61. The first-order valence-corrected chi connectivity index (χ1v) is 7.98. The molecule has 5 nitrogen and oxygen atoms in total. The SMILES string of the molecule is O=C(O)C1(NS(=O)(=O)c2c(F)cccc2F)CCCCC1. The Labute approximate surface area is 121 Å². The molecule has 0 spiro atoms. The van der Waals surface area contributed by atoms with Crippen molar-refractivity contribution in [1.29, 1.82) is 0 Å². The van der Waals surface area contributed by atoms with Gasteiger partial charge in [-0.2, -0.15) is 4.72 Å². The van der Waals surface area contributed by atoms with Gasteiger partial charge in [0.2, 0.25) is 10.0 Å². The minimum absolute atomic E-state index is 0.0949. The average Bonchev–Trinajstić information content (AvgIpc) is 2.38. The number of hydrogen-bond donors (Lipinski definition) is 2. The van der Waals surface area contributed by atoms with E-state index in [1.807, 2.05) is 4.72 Å². The van der Waals surface area contributed by atoms with E-state index >= 15 is 0 Å². The van der Waals surface area contributed by atoms with Crippen LogP contribution in [0.5, 0.6) is 0 Å². The monoisotopic (exact) mass is 319 g/mol. The van der Waals surface area contributed by atoms with Crippen molar-refractivity contribution >= 4 is 16.0 Å². The van der Waals surface area contributed by atoms with E-state index in [2.05, 4.69) is 0 Å². The molecule has 21 heavy (non-hydrogen) atoms. The normalized spacial score (nSPS) is 18.4. The van der Waals surface area contributed by atoms with Crippen LogP contribution in [-0.4, -0.2) is 25.0 Å². The van der Waals surface area contributed by atoms with Crippen LogP contribution in [0.4, 0.5) is 8.78 Å². The summed E-state index contributed by atoms with van der Waals surface area (Å²) in [4.78, 5) is 10.3. The molecule has 0 radical (unpaired) electrons. The number of aliphatic carboxylic acids is 1. The second-order valence-corrected chi connectivity index (χ2v) is 6.72. The average molecular weight is 319 g/mol. The number of rotatable bonds is 4. The van der Waals surface area contributed by atoms with Gasteiger partial charge >= 0.3 is 5.97 Å². The Morgan fingerprint density at radius 1 is 1.14 bits per heavy atom. The van der Waals surface area contributed by atoms with E-state index in [9.17, 15) is 27.1 Å². The van der Waals surface area contributed by atoms with E-state index in [1.165, 1.54) is 0 Å². The molecule has 116 valence electrons. The van der Waals surface area contributed by atoms with Gasteiger partial charge < -0.3 is 5.11 Å². The highest BCUT2D eigenvalue weighted by molar-refractivity contribution is 7.89. The van der Waals surface area contributed by atoms with Crippen molar-refractivity contribution in [1.82, 2.24) is 4.72 Å². The molecular formula is C13H15F2NO4S. The molecule has 2 rings (SSSR count). The van der Waals surface area contributed by atoms with Gasteiger partial charge in [0, 0.05) is 0 Å². The van der Waals surface area contributed by atoms with Crippen LogP contribution in [0, 0.1) is 11.6 Å². The Kier molecular flexibility index (Phi) is 4.29. The highest BCUT2D eigenvalue weighted by atomic mass is 32.2. The van der Waals surface area contributed by atoms with Gasteiger partial charge in [0.05, 0.1) is 0 Å². The Hall–Kier alpha value is -1.54. The lowest BCUT2D eigenvalue weighted by molar-refractivity contribution is -0.145. The first-order valence-electron chi connectivity index (χ1n) is 6.50. The third-order valence-electron chi connectivity index (χ3n) is 3.63. The highest BCUT2D eigenvalue weighted by Crippen LogP contribution is 2.31. The molecule has 0 atom stereocenters. The summed E-state index contributed by atoms with van der Waals surface area (Å²) in [6, 6.07) is 2.66. The minimum atomic E-state index is -4.61. The molecule has 0 saturated heterocycles. The second kappa shape index (κ2) is 5.69. The summed E-state index contributed by atoms with van der Waals surface area (Å²) in [6.07, 6.45) is 2.06. The Morgan fingerprint density at radius 2 is 1.67 bits per heavy atom. The van der Waals surface area contributed by atoms with Crippen LogP contribution < -0.4 is 4.72 Å². The molecule has 0 unspecified atom stereocenters. The van der Waals surface area contributed by atoms with Crippen LogP contribution in [0.1, 0.15) is 32.1 Å². The first kappa shape index (κ1) is 15.8. The standard InChI is InChI=1S/C13H15F2NO4S/c14-9-5-4-6-10(15)11(9)21(19,20)16-13(12(17)18)7-2-1-3-8-13/h4-6,16H,1-3,7-8H2,(H,17,18). The van der Waals surface area contributed by atoms with E-state index < -0.39 is 38.1 Å². The summed E-state index contributed by atoms with van der Waals surface area (Å²) in [5.74, 6) is -3.83. The number of carboxylic acids is 1. The second-order valence-electron chi connectivity index (χ2n) is 5.10. The summed E-state index contributed by atoms with van der Waals surface area (Å²) in [6.45, 7) is 0. The molecule has 1 saturated carbocycles. The van der Waals surface area contributed by atoms with Gasteiger partial charge in [0.25, 0.3) is 0 Å². The number of sulfonamides is 1. The van der Waals surface area contributed by atoms with Gasteiger partial charge in [0.15, 0.2) is 4.90 Å². The lowest BCUT2D eigenvalue weighted by atomic mass is 9.83. The maximum absolute atomic E-state index is 13.6. The fourth-order valence-electron chi connectivity index (χ4n) is 2.56. The number of nitrogens with one attached hydrogen (secondary N) is 1. The van der Waals surface area contributed by atoms with E-state index in [-0.39, 0.29) is 12.8 Å². The molecule has 1 fully saturated rings.